The van der Waals surface area contributed by atoms with E-state index in [0.29, 0.717) is 31.7 Å². The number of alkyl halides is 1. The van der Waals surface area contributed by atoms with Gasteiger partial charge in [-0.1, -0.05) is 24.0 Å². The van der Waals surface area contributed by atoms with E-state index >= 15 is 0 Å². The predicted molar refractivity (Wildman–Crippen MR) is 132 cm³/mol. The van der Waals surface area contributed by atoms with Gasteiger partial charge in [-0.2, -0.15) is 0 Å². The molecule has 0 spiro atoms. The first-order valence-corrected chi connectivity index (χ1v) is 11.9. The number of aryl methyl sites for hydroxylation is 1. The molecule has 3 heterocycles. The number of carbonyl (C=O) groups excluding carboxylic acids is 1. The summed E-state index contributed by atoms with van der Waals surface area (Å²) in [6.07, 6.45) is 7.74. The van der Waals surface area contributed by atoms with E-state index in [-0.39, 0.29) is 12.5 Å². The van der Waals surface area contributed by atoms with Crippen molar-refractivity contribution in [1.29, 1.82) is 0 Å². The summed E-state index contributed by atoms with van der Waals surface area (Å²) in [7, 11) is 0. The van der Waals surface area contributed by atoms with Crippen LogP contribution in [0.1, 0.15) is 42.7 Å². The van der Waals surface area contributed by atoms with E-state index < -0.39 is 6.17 Å². The number of aromatic nitrogens is 2. The number of carbonyl (C=O) groups is 1. The maximum absolute atomic E-state index is 13.3. The molecule has 6 nitrogen and oxygen atoms in total. The van der Waals surface area contributed by atoms with Crippen molar-refractivity contribution in [2.45, 2.75) is 39.8 Å². The lowest BCUT2D eigenvalue weighted by Crippen LogP contribution is -2.39. The van der Waals surface area contributed by atoms with Crippen molar-refractivity contribution in [3.05, 3.63) is 47.1 Å². The minimum Gasteiger partial charge on any atom is -0.349 e. The van der Waals surface area contributed by atoms with Gasteiger partial charge >= 0.3 is 0 Å². The number of nitrogens with zero attached hydrogens (tertiary/aromatic N) is 4. The highest BCUT2D eigenvalue weighted by atomic mass is 32.1. The Hall–Kier alpha value is -2.58. The fraction of sp³-hybridized carbons (Fsp3) is 0.458. The van der Waals surface area contributed by atoms with Gasteiger partial charge in [0.05, 0.1) is 11.4 Å². The standard InChI is InChI=1S/C24H32FN5OS/c1-5-18(21-15-27-24(32-21)30(6-2)7-3)12-19-13-22(26-14-17(19)4)28-23(31)16-29-10-8-20(25)9-11-29/h5,12-15,20H,1,6-11,16H2,2-4H3,(H,26,28,31)/b18-12+. The zero-order valence-electron chi connectivity index (χ0n) is 19.1. The Labute approximate surface area is 193 Å². The van der Waals surface area contributed by atoms with Crippen molar-refractivity contribution < 1.29 is 9.18 Å². The summed E-state index contributed by atoms with van der Waals surface area (Å²) in [5.41, 5.74) is 2.93. The number of rotatable bonds is 9. The number of piperidine rings is 1. The lowest BCUT2D eigenvalue weighted by molar-refractivity contribution is -0.117. The fourth-order valence-corrected chi connectivity index (χ4v) is 4.70. The monoisotopic (exact) mass is 457 g/mol. The quantitative estimate of drug-likeness (QED) is 0.549. The Morgan fingerprint density at radius 1 is 1.31 bits per heavy atom. The van der Waals surface area contributed by atoms with Crippen LogP contribution < -0.4 is 10.2 Å². The van der Waals surface area contributed by atoms with Crippen molar-refractivity contribution in [2.75, 3.05) is 42.9 Å². The highest BCUT2D eigenvalue weighted by Gasteiger charge is 2.20. The summed E-state index contributed by atoms with van der Waals surface area (Å²) in [5, 5.41) is 3.87. The summed E-state index contributed by atoms with van der Waals surface area (Å²) < 4.78 is 13.3. The number of nitrogens with one attached hydrogen (secondary N) is 1. The maximum Gasteiger partial charge on any atom is 0.239 e. The topological polar surface area (TPSA) is 61.4 Å². The van der Waals surface area contributed by atoms with Gasteiger partial charge < -0.3 is 10.2 Å². The first-order chi connectivity index (χ1) is 15.4. The van der Waals surface area contributed by atoms with Gasteiger partial charge in [-0.3, -0.25) is 9.69 Å². The van der Waals surface area contributed by atoms with Gasteiger partial charge in [-0.05, 0) is 62.5 Å². The summed E-state index contributed by atoms with van der Waals surface area (Å²) in [5.74, 6) is 0.368. The first kappa shape index (κ1) is 24.1. The summed E-state index contributed by atoms with van der Waals surface area (Å²) >= 11 is 1.64. The molecule has 1 amide bonds. The molecule has 1 aliphatic rings. The molecule has 1 aliphatic heterocycles. The Morgan fingerprint density at radius 3 is 2.69 bits per heavy atom. The average molecular weight is 458 g/mol. The van der Waals surface area contributed by atoms with Gasteiger partial charge in [-0.25, -0.2) is 14.4 Å². The molecule has 8 heteroatoms. The molecule has 1 fully saturated rings. The predicted octanol–water partition coefficient (Wildman–Crippen LogP) is 4.79. The number of allylic oxidation sites excluding steroid dienone is 2. The number of likely N-dealkylation sites (tertiary alicyclic amines) is 1. The molecule has 0 bridgehead atoms. The lowest BCUT2D eigenvalue weighted by atomic mass is 10.1. The van der Waals surface area contributed by atoms with Crippen molar-refractivity contribution in [3.63, 3.8) is 0 Å². The summed E-state index contributed by atoms with van der Waals surface area (Å²) in [6.45, 7) is 13.5. The molecule has 1 N–H and O–H groups in total. The molecule has 2 aromatic heterocycles. The number of amides is 1. The van der Waals surface area contributed by atoms with Crippen LogP contribution in [0.5, 0.6) is 0 Å². The van der Waals surface area contributed by atoms with Crippen LogP contribution in [0.4, 0.5) is 15.3 Å². The van der Waals surface area contributed by atoms with E-state index in [0.717, 1.165) is 39.8 Å². The van der Waals surface area contributed by atoms with Crippen LogP contribution in [-0.2, 0) is 4.79 Å². The van der Waals surface area contributed by atoms with Crippen LogP contribution in [0.15, 0.2) is 31.1 Å². The van der Waals surface area contributed by atoms with Crippen LogP contribution in [-0.4, -0.2) is 59.7 Å². The maximum atomic E-state index is 13.3. The Morgan fingerprint density at radius 2 is 2.03 bits per heavy atom. The van der Waals surface area contributed by atoms with Gasteiger partial charge in [0.1, 0.15) is 12.0 Å². The van der Waals surface area contributed by atoms with Crippen LogP contribution in [0.3, 0.4) is 0 Å². The summed E-state index contributed by atoms with van der Waals surface area (Å²) in [4.78, 5) is 26.6. The molecule has 0 unspecified atom stereocenters. The Balaban J connectivity index is 1.73. The third-order valence-electron chi connectivity index (χ3n) is 5.64. The first-order valence-electron chi connectivity index (χ1n) is 11.1. The second-order valence-corrected chi connectivity index (χ2v) is 8.92. The zero-order chi connectivity index (χ0) is 23.1. The van der Waals surface area contributed by atoms with Crippen LogP contribution in [0.2, 0.25) is 0 Å². The molecule has 2 aromatic rings. The van der Waals surface area contributed by atoms with Gasteiger partial charge in [0, 0.05) is 38.6 Å². The molecule has 172 valence electrons. The number of hydrogen-bond acceptors (Lipinski definition) is 6. The van der Waals surface area contributed by atoms with E-state index in [2.05, 4.69) is 40.6 Å². The zero-order valence-corrected chi connectivity index (χ0v) is 19.9. The Bertz CT molecular complexity index is 961. The largest absolute Gasteiger partial charge is 0.349 e. The van der Waals surface area contributed by atoms with E-state index in [9.17, 15) is 9.18 Å². The van der Waals surface area contributed by atoms with E-state index in [1.807, 2.05) is 36.2 Å². The SMILES string of the molecule is C=C/C(=C\c1cc(NC(=O)CN2CCC(F)CC2)ncc1C)c1cnc(N(CC)CC)s1. The third kappa shape index (κ3) is 6.23. The van der Waals surface area contributed by atoms with Crippen LogP contribution >= 0.6 is 11.3 Å². The number of thiazole rings is 1. The van der Waals surface area contributed by atoms with Crippen molar-refractivity contribution in [3.8, 4) is 0 Å². The highest BCUT2D eigenvalue weighted by Crippen LogP contribution is 2.30. The molecule has 0 aliphatic carbocycles. The second-order valence-electron chi connectivity index (χ2n) is 7.91. The second kappa shape index (κ2) is 11.3. The van der Waals surface area contributed by atoms with E-state index in [1.54, 1.807) is 17.5 Å². The minimum absolute atomic E-state index is 0.135. The van der Waals surface area contributed by atoms with Crippen LogP contribution in [0, 0.1) is 6.92 Å². The molecule has 0 aromatic carbocycles. The lowest BCUT2D eigenvalue weighted by Gasteiger charge is -2.27. The molecule has 32 heavy (non-hydrogen) atoms. The van der Waals surface area contributed by atoms with Crippen LogP contribution in [0.25, 0.3) is 11.6 Å². The van der Waals surface area contributed by atoms with E-state index in [4.69, 9.17) is 0 Å². The van der Waals surface area contributed by atoms with Gasteiger partial charge in [0.15, 0.2) is 5.13 Å². The number of hydrogen-bond donors (Lipinski definition) is 1. The summed E-state index contributed by atoms with van der Waals surface area (Å²) in [6, 6.07) is 1.87. The normalized spacial score (nSPS) is 15.6. The number of halogens is 1. The van der Waals surface area contributed by atoms with Gasteiger partial charge in [0.25, 0.3) is 0 Å². The molecule has 0 atom stereocenters. The van der Waals surface area contributed by atoms with Crippen molar-refractivity contribution in [2.24, 2.45) is 0 Å². The highest BCUT2D eigenvalue weighted by molar-refractivity contribution is 7.16. The molecule has 0 radical (unpaired) electrons. The van der Waals surface area contributed by atoms with Crippen molar-refractivity contribution in [1.82, 2.24) is 14.9 Å². The average Bonchev–Trinajstić information content (AvgIpc) is 3.26. The minimum atomic E-state index is -0.747. The van der Waals surface area contributed by atoms with Gasteiger partial charge in [-0.15, -0.1) is 0 Å². The fourth-order valence-electron chi connectivity index (χ4n) is 3.65. The molecular formula is C24H32FN5OS. The van der Waals surface area contributed by atoms with Gasteiger partial charge in [0.2, 0.25) is 5.91 Å². The number of anilines is 2. The molecule has 0 saturated carbocycles. The Kier molecular flexibility index (Phi) is 8.53. The number of pyridine rings is 1. The molecular weight excluding hydrogens is 425 g/mol. The van der Waals surface area contributed by atoms with E-state index in [1.165, 1.54) is 0 Å². The third-order valence-corrected chi connectivity index (χ3v) is 6.75. The molecule has 1 saturated heterocycles. The smallest absolute Gasteiger partial charge is 0.239 e. The molecule has 3 rings (SSSR count). The van der Waals surface area contributed by atoms with Crippen molar-refractivity contribution >= 4 is 39.8 Å².